The Bertz CT molecular complexity index is 591. The Morgan fingerprint density at radius 2 is 2.35 bits per heavy atom. The Labute approximate surface area is 127 Å². The van der Waals surface area contributed by atoms with E-state index in [1.165, 1.54) is 6.42 Å². The smallest absolute Gasteiger partial charge is 0.226 e. The van der Waals surface area contributed by atoms with Gasteiger partial charge in [0.2, 0.25) is 11.7 Å². The first-order chi connectivity index (χ1) is 9.72. The Morgan fingerprint density at radius 3 is 3.10 bits per heavy atom. The van der Waals surface area contributed by atoms with Crippen LogP contribution in [-0.2, 0) is 6.42 Å². The van der Waals surface area contributed by atoms with Crippen molar-refractivity contribution in [3.05, 3.63) is 34.1 Å². The molecular formula is C15H18BrN3O. The van der Waals surface area contributed by atoms with E-state index in [-0.39, 0.29) is 0 Å². The van der Waals surface area contributed by atoms with Gasteiger partial charge in [-0.25, -0.2) is 0 Å². The van der Waals surface area contributed by atoms with Gasteiger partial charge < -0.3 is 9.84 Å². The zero-order valence-electron chi connectivity index (χ0n) is 11.5. The molecule has 0 amide bonds. The number of benzene rings is 1. The topological polar surface area (TPSA) is 51.0 Å². The molecule has 3 rings (SSSR count). The standard InChI is InChI=1S/C15H18BrN3O/c1-10-8-12(16)3-4-13(10)15-18-14(20-19-15)5-2-11-6-7-17-9-11/h3-4,8,11,17H,2,5-7,9H2,1H3. The molecule has 5 heteroatoms. The lowest BCUT2D eigenvalue weighted by Crippen LogP contribution is -2.09. The molecule has 0 bridgehead atoms. The lowest BCUT2D eigenvalue weighted by Gasteiger charge is -2.04. The van der Waals surface area contributed by atoms with Gasteiger partial charge >= 0.3 is 0 Å². The van der Waals surface area contributed by atoms with Crippen molar-refractivity contribution in [2.75, 3.05) is 13.1 Å². The van der Waals surface area contributed by atoms with Crippen LogP contribution < -0.4 is 5.32 Å². The fourth-order valence-electron chi connectivity index (χ4n) is 2.63. The molecule has 2 aromatic rings. The summed E-state index contributed by atoms with van der Waals surface area (Å²) in [5.41, 5.74) is 2.18. The molecule has 1 unspecified atom stereocenters. The zero-order valence-corrected chi connectivity index (χ0v) is 13.1. The fourth-order valence-corrected chi connectivity index (χ4v) is 3.11. The molecule has 0 radical (unpaired) electrons. The van der Waals surface area contributed by atoms with E-state index in [4.69, 9.17) is 4.52 Å². The Hall–Kier alpha value is -1.20. The van der Waals surface area contributed by atoms with Crippen LogP contribution in [0.3, 0.4) is 0 Å². The van der Waals surface area contributed by atoms with Gasteiger partial charge in [-0.05, 0) is 62.5 Å². The third-order valence-corrected chi connectivity index (χ3v) is 4.32. The van der Waals surface area contributed by atoms with E-state index in [2.05, 4.69) is 44.4 Å². The third kappa shape index (κ3) is 3.10. The first-order valence-electron chi connectivity index (χ1n) is 7.02. The van der Waals surface area contributed by atoms with Crippen LogP contribution >= 0.6 is 15.9 Å². The average molecular weight is 336 g/mol. The molecule has 0 spiro atoms. The predicted molar refractivity (Wildman–Crippen MR) is 81.5 cm³/mol. The summed E-state index contributed by atoms with van der Waals surface area (Å²) in [7, 11) is 0. The molecule has 2 heterocycles. The number of nitrogens with one attached hydrogen (secondary N) is 1. The van der Waals surface area contributed by atoms with E-state index in [1.54, 1.807) is 0 Å². The number of aromatic nitrogens is 2. The summed E-state index contributed by atoms with van der Waals surface area (Å²) in [6.07, 6.45) is 3.25. The molecule has 0 saturated carbocycles. The maximum Gasteiger partial charge on any atom is 0.226 e. The van der Waals surface area contributed by atoms with Crippen molar-refractivity contribution in [3.8, 4) is 11.4 Å². The van der Waals surface area contributed by atoms with E-state index >= 15 is 0 Å². The number of nitrogens with zero attached hydrogens (tertiary/aromatic N) is 2. The molecule has 4 nitrogen and oxygen atoms in total. The molecule has 1 fully saturated rings. The van der Waals surface area contributed by atoms with E-state index < -0.39 is 0 Å². The molecule has 1 aliphatic rings. The molecule has 1 atom stereocenters. The van der Waals surface area contributed by atoms with Gasteiger partial charge in [-0.2, -0.15) is 4.98 Å². The number of rotatable bonds is 4. The van der Waals surface area contributed by atoms with Crippen molar-refractivity contribution in [2.45, 2.75) is 26.2 Å². The van der Waals surface area contributed by atoms with Crippen molar-refractivity contribution < 1.29 is 4.52 Å². The lowest BCUT2D eigenvalue weighted by molar-refractivity contribution is 0.365. The van der Waals surface area contributed by atoms with Crippen LogP contribution in [0.25, 0.3) is 11.4 Å². The molecule has 0 aliphatic carbocycles. The van der Waals surface area contributed by atoms with Gasteiger partial charge in [-0.15, -0.1) is 0 Å². The summed E-state index contributed by atoms with van der Waals surface area (Å²) in [6, 6.07) is 6.09. The minimum Gasteiger partial charge on any atom is -0.339 e. The first-order valence-corrected chi connectivity index (χ1v) is 7.81. The van der Waals surface area contributed by atoms with Crippen LogP contribution in [-0.4, -0.2) is 23.2 Å². The van der Waals surface area contributed by atoms with Gasteiger partial charge in [-0.3, -0.25) is 0 Å². The molecule has 20 heavy (non-hydrogen) atoms. The Morgan fingerprint density at radius 1 is 1.45 bits per heavy atom. The van der Waals surface area contributed by atoms with Gasteiger partial charge in [-0.1, -0.05) is 21.1 Å². The lowest BCUT2D eigenvalue weighted by atomic mass is 10.0. The fraction of sp³-hybridized carbons (Fsp3) is 0.467. The van der Waals surface area contributed by atoms with Crippen molar-refractivity contribution in [2.24, 2.45) is 5.92 Å². The van der Waals surface area contributed by atoms with Gasteiger partial charge in [0, 0.05) is 16.5 Å². The van der Waals surface area contributed by atoms with Crippen LogP contribution in [0.5, 0.6) is 0 Å². The minimum atomic E-state index is 0.689. The molecule has 1 aromatic carbocycles. The SMILES string of the molecule is Cc1cc(Br)ccc1-c1noc(CCC2CCNC2)n1. The predicted octanol–water partition coefficient (Wildman–Crippen LogP) is 3.35. The maximum absolute atomic E-state index is 5.37. The maximum atomic E-state index is 5.37. The van der Waals surface area contributed by atoms with Crippen LogP contribution in [0.2, 0.25) is 0 Å². The van der Waals surface area contributed by atoms with Crippen LogP contribution in [0, 0.1) is 12.8 Å². The average Bonchev–Trinajstić information content (AvgIpc) is 3.07. The van der Waals surface area contributed by atoms with Gasteiger partial charge in [0.1, 0.15) is 0 Å². The van der Waals surface area contributed by atoms with Crippen LogP contribution in [0.4, 0.5) is 0 Å². The summed E-state index contributed by atoms with van der Waals surface area (Å²) in [4.78, 5) is 4.52. The van der Waals surface area contributed by atoms with Gasteiger partial charge in [0.15, 0.2) is 0 Å². The van der Waals surface area contributed by atoms with Crippen LogP contribution in [0.15, 0.2) is 27.2 Å². The summed E-state index contributed by atoms with van der Waals surface area (Å²) < 4.78 is 6.44. The minimum absolute atomic E-state index is 0.689. The quantitative estimate of drug-likeness (QED) is 0.930. The molecule has 1 aliphatic heterocycles. The summed E-state index contributed by atoms with van der Waals surface area (Å²) in [6.45, 7) is 4.31. The van der Waals surface area contributed by atoms with Crippen molar-refractivity contribution in [1.29, 1.82) is 0 Å². The second kappa shape index (κ2) is 6.06. The molecule has 1 saturated heterocycles. The molecule has 1 N–H and O–H groups in total. The second-order valence-corrected chi connectivity index (χ2v) is 6.28. The molecule has 106 valence electrons. The molecule has 1 aromatic heterocycles. The Balaban J connectivity index is 1.69. The third-order valence-electron chi connectivity index (χ3n) is 3.83. The van der Waals surface area contributed by atoms with Gasteiger partial charge in [0.25, 0.3) is 0 Å². The van der Waals surface area contributed by atoms with Crippen molar-refractivity contribution in [3.63, 3.8) is 0 Å². The van der Waals surface area contributed by atoms with Gasteiger partial charge in [0.05, 0.1) is 0 Å². The monoisotopic (exact) mass is 335 g/mol. The van der Waals surface area contributed by atoms with E-state index in [0.717, 1.165) is 53.3 Å². The summed E-state index contributed by atoms with van der Waals surface area (Å²) in [5, 5.41) is 7.49. The normalized spacial score (nSPS) is 18.6. The summed E-state index contributed by atoms with van der Waals surface area (Å²) in [5.74, 6) is 2.18. The number of halogens is 1. The summed E-state index contributed by atoms with van der Waals surface area (Å²) >= 11 is 3.47. The highest BCUT2D eigenvalue weighted by molar-refractivity contribution is 9.10. The number of hydrogen-bond acceptors (Lipinski definition) is 4. The highest BCUT2D eigenvalue weighted by Gasteiger charge is 2.16. The van der Waals surface area contributed by atoms with Crippen LogP contribution in [0.1, 0.15) is 24.3 Å². The zero-order chi connectivity index (χ0) is 13.9. The van der Waals surface area contributed by atoms with E-state index in [9.17, 15) is 0 Å². The molecular weight excluding hydrogens is 318 g/mol. The number of hydrogen-bond donors (Lipinski definition) is 1. The van der Waals surface area contributed by atoms with Crippen molar-refractivity contribution >= 4 is 15.9 Å². The highest BCUT2D eigenvalue weighted by atomic mass is 79.9. The van der Waals surface area contributed by atoms with Crippen molar-refractivity contribution in [1.82, 2.24) is 15.5 Å². The number of aryl methyl sites for hydroxylation is 2. The largest absolute Gasteiger partial charge is 0.339 e. The van der Waals surface area contributed by atoms with E-state index in [1.807, 2.05) is 12.1 Å². The second-order valence-electron chi connectivity index (χ2n) is 5.37. The van der Waals surface area contributed by atoms with E-state index in [0.29, 0.717) is 5.82 Å². The Kier molecular flexibility index (Phi) is 4.17. The highest BCUT2D eigenvalue weighted by Crippen LogP contribution is 2.24. The first kappa shape index (κ1) is 13.8.